The van der Waals surface area contributed by atoms with Crippen molar-refractivity contribution in [3.8, 4) is 5.75 Å². The number of hydrogen-bond acceptors (Lipinski definition) is 4. The maximum Gasteiger partial charge on any atom is 0.308 e. The second-order valence-corrected chi connectivity index (χ2v) is 5.03. The summed E-state index contributed by atoms with van der Waals surface area (Å²) >= 11 is 0. The van der Waals surface area contributed by atoms with Gasteiger partial charge in [0.05, 0.1) is 31.4 Å². The van der Waals surface area contributed by atoms with Gasteiger partial charge >= 0.3 is 5.97 Å². The lowest BCUT2D eigenvalue weighted by Gasteiger charge is -2.17. The zero-order valence-corrected chi connectivity index (χ0v) is 10.8. The Balaban J connectivity index is 1.72. The molecule has 2 aliphatic rings. The molecular weight excluding hydrogens is 262 g/mol. The zero-order valence-electron chi connectivity index (χ0n) is 10.8. The first-order chi connectivity index (χ1) is 9.54. The molecule has 1 saturated heterocycles. The summed E-state index contributed by atoms with van der Waals surface area (Å²) < 4.78 is 5.03. The number of rotatable bonds is 4. The van der Waals surface area contributed by atoms with E-state index in [1.54, 1.807) is 31.4 Å². The molecule has 1 heterocycles. The maximum absolute atomic E-state index is 12.0. The molecule has 0 radical (unpaired) electrons. The molecular formula is C14H13NO5. The number of carboxylic acid groups (broad SMARTS) is 1. The van der Waals surface area contributed by atoms with E-state index in [0.29, 0.717) is 5.75 Å². The van der Waals surface area contributed by atoms with E-state index in [0.717, 1.165) is 10.5 Å². The third kappa shape index (κ3) is 1.76. The van der Waals surface area contributed by atoms with Gasteiger partial charge in [0.1, 0.15) is 5.75 Å². The van der Waals surface area contributed by atoms with Crippen molar-refractivity contribution >= 4 is 17.8 Å². The number of fused-ring (bicyclic) bond motifs is 1. The summed E-state index contributed by atoms with van der Waals surface area (Å²) in [6.07, 6.45) is 0. The summed E-state index contributed by atoms with van der Waals surface area (Å²) in [5.74, 6) is -3.24. The first-order valence-corrected chi connectivity index (χ1v) is 6.25. The Morgan fingerprint density at radius 3 is 2.20 bits per heavy atom. The Bertz CT molecular complexity index is 572. The second kappa shape index (κ2) is 4.33. The summed E-state index contributed by atoms with van der Waals surface area (Å²) in [6.45, 7) is 0.182. The Morgan fingerprint density at radius 1 is 1.20 bits per heavy atom. The molecule has 6 heteroatoms. The highest BCUT2D eigenvalue weighted by molar-refractivity contribution is 6.13. The second-order valence-electron chi connectivity index (χ2n) is 5.03. The third-order valence-corrected chi connectivity index (χ3v) is 3.91. The Morgan fingerprint density at radius 2 is 1.75 bits per heavy atom. The molecule has 1 saturated carbocycles. The molecule has 1 aromatic rings. The normalized spacial score (nSPS) is 27.4. The van der Waals surface area contributed by atoms with Crippen molar-refractivity contribution in [1.29, 1.82) is 0 Å². The van der Waals surface area contributed by atoms with Crippen LogP contribution in [-0.2, 0) is 20.9 Å². The number of carboxylic acids is 1. The number of carbonyl (C=O) groups is 3. The number of carbonyl (C=O) groups excluding carboxylic acids is 2. The first-order valence-electron chi connectivity index (χ1n) is 6.25. The molecule has 1 N–H and O–H groups in total. The smallest absolute Gasteiger partial charge is 0.308 e. The number of benzene rings is 1. The van der Waals surface area contributed by atoms with E-state index >= 15 is 0 Å². The lowest BCUT2D eigenvalue weighted by Crippen LogP contribution is -2.35. The standard InChI is InChI=1S/C14H13NO5/c1-20-8-4-2-7(3-5-8)6-15-12(16)9-10(13(15)17)11(9)14(18)19/h2-5,9-11H,6H2,1H3,(H,18,19). The molecule has 1 aromatic carbocycles. The molecule has 2 unspecified atom stereocenters. The maximum atomic E-state index is 12.0. The van der Waals surface area contributed by atoms with E-state index in [2.05, 4.69) is 0 Å². The van der Waals surface area contributed by atoms with E-state index in [4.69, 9.17) is 9.84 Å². The molecule has 2 amide bonds. The van der Waals surface area contributed by atoms with Crippen molar-refractivity contribution < 1.29 is 24.2 Å². The van der Waals surface area contributed by atoms with E-state index in [9.17, 15) is 14.4 Å². The molecule has 0 bridgehead atoms. The van der Waals surface area contributed by atoms with Gasteiger partial charge in [-0.1, -0.05) is 12.1 Å². The average molecular weight is 275 g/mol. The van der Waals surface area contributed by atoms with Gasteiger partial charge < -0.3 is 9.84 Å². The van der Waals surface area contributed by atoms with Crippen LogP contribution in [0.2, 0.25) is 0 Å². The van der Waals surface area contributed by atoms with Crippen LogP contribution >= 0.6 is 0 Å². The van der Waals surface area contributed by atoms with E-state index in [1.165, 1.54) is 0 Å². The number of ether oxygens (including phenoxy) is 1. The minimum atomic E-state index is -1.06. The Labute approximate surface area is 114 Å². The first kappa shape index (κ1) is 12.7. The molecule has 0 aromatic heterocycles. The number of methoxy groups -OCH3 is 1. The van der Waals surface area contributed by atoms with Gasteiger partial charge in [0.2, 0.25) is 11.8 Å². The van der Waals surface area contributed by atoms with Crippen molar-refractivity contribution in [2.45, 2.75) is 6.54 Å². The lowest BCUT2D eigenvalue weighted by molar-refractivity contribution is -0.149. The number of likely N-dealkylation sites (tertiary alicyclic amines) is 1. The van der Waals surface area contributed by atoms with Gasteiger partial charge in [-0.05, 0) is 17.7 Å². The van der Waals surface area contributed by atoms with Crippen molar-refractivity contribution in [2.75, 3.05) is 7.11 Å². The van der Waals surface area contributed by atoms with Gasteiger partial charge in [-0.15, -0.1) is 0 Å². The molecule has 2 atom stereocenters. The molecule has 2 fully saturated rings. The minimum absolute atomic E-state index is 0.182. The van der Waals surface area contributed by atoms with Gasteiger partial charge in [0.15, 0.2) is 0 Å². The topological polar surface area (TPSA) is 83.9 Å². The molecule has 104 valence electrons. The number of hydrogen-bond donors (Lipinski definition) is 1. The predicted molar refractivity (Wildman–Crippen MR) is 66.7 cm³/mol. The van der Waals surface area contributed by atoms with E-state index in [1.807, 2.05) is 0 Å². The quantitative estimate of drug-likeness (QED) is 0.809. The highest BCUT2D eigenvalue weighted by Crippen LogP contribution is 2.53. The lowest BCUT2D eigenvalue weighted by atomic mass is 10.2. The van der Waals surface area contributed by atoms with Crippen LogP contribution in [-0.4, -0.2) is 34.9 Å². The average Bonchev–Trinajstić information content (AvgIpc) is 3.14. The van der Waals surface area contributed by atoms with Gasteiger partial charge in [0, 0.05) is 0 Å². The van der Waals surface area contributed by atoms with Crippen LogP contribution < -0.4 is 4.74 Å². The predicted octanol–water partition coefficient (Wildman–Crippen LogP) is 0.511. The number of imide groups is 1. The fourth-order valence-corrected chi connectivity index (χ4v) is 2.77. The molecule has 6 nitrogen and oxygen atoms in total. The van der Waals surface area contributed by atoms with Crippen LogP contribution in [0.25, 0.3) is 0 Å². The highest BCUT2D eigenvalue weighted by Gasteiger charge is 2.70. The SMILES string of the molecule is COc1ccc(CN2C(=O)C3C(C(=O)O)C3C2=O)cc1. The zero-order chi connectivity index (χ0) is 14.4. The largest absolute Gasteiger partial charge is 0.497 e. The van der Waals surface area contributed by atoms with Crippen LogP contribution in [0.4, 0.5) is 0 Å². The van der Waals surface area contributed by atoms with Crippen LogP contribution in [0.15, 0.2) is 24.3 Å². The summed E-state index contributed by atoms with van der Waals surface area (Å²) in [4.78, 5) is 36.0. The molecule has 20 heavy (non-hydrogen) atoms. The van der Waals surface area contributed by atoms with Gasteiger partial charge in [0.25, 0.3) is 0 Å². The molecule has 0 spiro atoms. The van der Waals surface area contributed by atoms with Crippen LogP contribution in [0.1, 0.15) is 5.56 Å². The fraction of sp³-hybridized carbons (Fsp3) is 0.357. The molecule has 1 aliphatic heterocycles. The fourth-order valence-electron chi connectivity index (χ4n) is 2.77. The van der Waals surface area contributed by atoms with Crippen LogP contribution in [0.5, 0.6) is 5.75 Å². The van der Waals surface area contributed by atoms with Crippen molar-refractivity contribution in [3.05, 3.63) is 29.8 Å². The Hall–Kier alpha value is -2.37. The summed E-state index contributed by atoms with van der Waals surface area (Å²) in [5, 5.41) is 8.89. The summed E-state index contributed by atoms with van der Waals surface area (Å²) in [6, 6.07) is 7.05. The third-order valence-electron chi connectivity index (χ3n) is 3.91. The highest BCUT2D eigenvalue weighted by atomic mass is 16.5. The summed E-state index contributed by atoms with van der Waals surface area (Å²) in [7, 11) is 1.56. The van der Waals surface area contributed by atoms with Crippen molar-refractivity contribution in [1.82, 2.24) is 4.90 Å². The summed E-state index contributed by atoms with van der Waals surface area (Å²) in [5.41, 5.74) is 0.806. The number of piperidine rings is 1. The van der Waals surface area contributed by atoms with Crippen molar-refractivity contribution in [2.24, 2.45) is 17.8 Å². The molecule has 3 rings (SSSR count). The van der Waals surface area contributed by atoms with Gasteiger partial charge in [-0.25, -0.2) is 0 Å². The van der Waals surface area contributed by atoms with Crippen LogP contribution in [0.3, 0.4) is 0 Å². The Kier molecular flexibility index (Phi) is 2.74. The van der Waals surface area contributed by atoms with Gasteiger partial charge in [-0.2, -0.15) is 0 Å². The van der Waals surface area contributed by atoms with E-state index in [-0.39, 0.29) is 18.4 Å². The minimum Gasteiger partial charge on any atom is -0.497 e. The number of amides is 2. The number of aliphatic carboxylic acids is 1. The van der Waals surface area contributed by atoms with Gasteiger partial charge in [-0.3, -0.25) is 19.3 Å². The number of nitrogens with zero attached hydrogens (tertiary/aromatic N) is 1. The monoisotopic (exact) mass is 275 g/mol. The molecule has 1 aliphatic carbocycles. The van der Waals surface area contributed by atoms with Crippen molar-refractivity contribution in [3.63, 3.8) is 0 Å². The van der Waals surface area contributed by atoms with E-state index < -0.39 is 23.7 Å². The van der Waals surface area contributed by atoms with Crippen LogP contribution in [0, 0.1) is 17.8 Å².